The Balaban J connectivity index is 1.25. The highest BCUT2D eigenvalue weighted by molar-refractivity contribution is 5.87. The third kappa shape index (κ3) is 4.50. The van der Waals surface area contributed by atoms with Gasteiger partial charge in [-0.25, -0.2) is 9.59 Å². The van der Waals surface area contributed by atoms with Crippen LogP contribution in [0.1, 0.15) is 49.1 Å². The molecule has 8 nitrogen and oxygen atoms in total. The smallest absolute Gasteiger partial charge is 0.407 e. The summed E-state index contributed by atoms with van der Waals surface area (Å²) in [4.78, 5) is 38.9. The summed E-state index contributed by atoms with van der Waals surface area (Å²) in [5, 5.41) is 22.3. The number of likely N-dealkylation sites (tertiary alicyclic amines) is 1. The molecule has 2 amide bonds. The Kier molecular flexibility index (Phi) is 6.47. The number of β-amino-alcohol motifs (C(OH)–C–C–N with tert-alkyl or cyclic N) is 1. The number of carbonyl (C=O) groups is 3. The highest BCUT2D eigenvalue weighted by Gasteiger charge is 2.44. The molecule has 4 atom stereocenters. The highest BCUT2D eigenvalue weighted by Crippen LogP contribution is 2.44. The van der Waals surface area contributed by atoms with Crippen molar-refractivity contribution in [1.82, 2.24) is 10.2 Å². The van der Waals surface area contributed by atoms with Gasteiger partial charge in [-0.3, -0.25) is 4.79 Å². The quantitative estimate of drug-likeness (QED) is 0.608. The average Bonchev–Trinajstić information content (AvgIpc) is 3.41. The van der Waals surface area contributed by atoms with Crippen LogP contribution in [0.3, 0.4) is 0 Å². The fourth-order valence-corrected chi connectivity index (χ4v) is 5.90. The summed E-state index contributed by atoms with van der Waals surface area (Å²) in [6.45, 7) is 0.189. The highest BCUT2D eigenvalue weighted by atomic mass is 16.5. The second-order valence-electron chi connectivity index (χ2n) is 9.70. The van der Waals surface area contributed by atoms with Crippen molar-refractivity contribution < 1.29 is 29.3 Å². The molecule has 1 saturated heterocycles. The van der Waals surface area contributed by atoms with Crippen LogP contribution >= 0.6 is 0 Å². The molecule has 1 saturated carbocycles. The van der Waals surface area contributed by atoms with Crippen LogP contribution in [0.4, 0.5) is 4.79 Å². The maximum Gasteiger partial charge on any atom is 0.407 e. The van der Waals surface area contributed by atoms with E-state index in [0.717, 1.165) is 35.1 Å². The number of hydrogen-bond acceptors (Lipinski definition) is 5. The van der Waals surface area contributed by atoms with Gasteiger partial charge in [-0.15, -0.1) is 0 Å². The van der Waals surface area contributed by atoms with Crippen molar-refractivity contribution in [3.8, 4) is 11.1 Å². The molecule has 2 aliphatic carbocycles. The van der Waals surface area contributed by atoms with Crippen molar-refractivity contribution >= 4 is 18.0 Å². The van der Waals surface area contributed by atoms with Crippen molar-refractivity contribution in [3.63, 3.8) is 0 Å². The lowest BCUT2D eigenvalue weighted by Gasteiger charge is -2.34. The number of carbonyl (C=O) groups excluding carboxylic acids is 2. The first-order valence-electron chi connectivity index (χ1n) is 12.3. The van der Waals surface area contributed by atoms with Gasteiger partial charge in [0.15, 0.2) is 0 Å². The third-order valence-electron chi connectivity index (χ3n) is 7.58. The maximum atomic E-state index is 13.3. The van der Waals surface area contributed by atoms with Crippen molar-refractivity contribution in [1.29, 1.82) is 0 Å². The molecule has 1 heterocycles. The van der Waals surface area contributed by atoms with Crippen LogP contribution in [0.2, 0.25) is 0 Å². The molecule has 2 aromatic rings. The summed E-state index contributed by atoms with van der Waals surface area (Å²) in [5.74, 6) is -2.03. The number of alkyl carbamates (subject to hydrolysis) is 1. The van der Waals surface area contributed by atoms with Crippen LogP contribution in [0, 0.1) is 5.92 Å². The van der Waals surface area contributed by atoms with Gasteiger partial charge in [0.05, 0.1) is 12.0 Å². The van der Waals surface area contributed by atoms with Gasteiger partial charge in [0.25, 0.3) is 0 Å². The molecule has 35 heavy (non-hydrogen) atoms. The average molecular weight is 479 g/mol. The van der Waals surface area contributed by atoms with Crippen molar-refractivity contribution in [2.45, 2.75) is 56.2 Å². The zero-order valence-corrected chi connectivity index (χ0v) is 19.4. The largest absolute Gasteiger partial charge is 0.480 e. The predicted octanol–water partition coefficient (Wildman–Crippen LogP) is 3.13. The fraction of sp³-hybridized carbons (Fsp3) is 0.444. The molecule has 1 unspecified atom stereocenters. The van der Waals surface area contributed by atoms with E-state index in [-0.39, 0.29) is 31.4 Å². The van der Waals surface area contributed by atoms with Crippen LogP contribution < -0.4 is 5.32 Å². The van der Waals surface area contributed by atoms with E-state index >= 15 is 0 Å². The number of aliphatic hydroxyl groups is 1. The molecule has 8 heteroatoms. The number of fused-ring (bicyclic) bond motifs is 3. The molecule has 0 radical (unpaired) electrons. The van der Waals surface area contributed by atoms with E-state index in [1.807, 2.05) is 24.3 Å². The summed E-state index contributed by atoms with van der Waals surface area (Å²) in [5.41, 5.74) is 4.55. The lowest BCUT2D eigenvalue weighted by Crippen LogP contribution is -2.52. The molecular weight excluding hydrogens is 448 g/mol. The Hall–Kier alpha value is -3.39. The molecule has 184 valence electrons. The number of rotatable bonds is 5. The summed E-state index contributed by atoms with van der Waals surface area (Å²) in [7, 11) is 0. The number of nitrogens with zero attached hydrogens (tertiary/aromatic N) is 1. The number of nitrogens with one attached hydrogen (secondary N) is 1. The second kappa shape index (κ2) is 9.70. The minimum atomic E-state index is -1.12. The Labute approximate surface area is 203 Å². The number of carboxylic acids is 1. The molecule has 1 aliphatic heterocycles. The van der Waals surface area contributed by atoms with Gasteiger partial charge in [-0.05, 0) is 35.1 Å². The number of ether oxygens (including phenoxy) is 1. The van der Waals surface area contributed by atoms with Crippen LogP contribution in [0.25, 0.3) is 11.1 Å². The molecule has 5 rings (SSSR count). The predicted molar refractivity (Wildman–Crippen MR) is 128 cm³/mol. The van der Waals surface area contributed by atoms with Gasteiger partial charge in [0, 0.05) is 24.9 Å². The number of carboxylic acid groups (broad SMARTS) is 1. The van der Waals surface area contributed by atoms with Crippen LogP contribution in [0.5, 0.6) is 0 Å². The normalized spacial score (nSPS) is 25.6. The molecule has 3 aliphatic rings. The number of benzene rings is 2. The second-order valence-corrected chi connectivity index (χ2v) is 9.70. The molecule has 0 bridgehead atoms. The molecule has 3 N–H and O–H groups in total. The van der Waals surface area contributed by atoms with Crippen molar-refractivity contribution in [2.75, 3.05) is 13.2 Å². The first-order chi connectivity index (χ1) is 16.9. The minimum absolute atomic E-state index is 0.00393. The topological polar surface area (TPSA) is 116 Å². The molecule has 2 fully saturated rings. The fourth-order valence-electron chi connectivity index (χ4n) is 5.90. The number of hydrogen-bond donors (Lipinski definition) is 3. The maximum absolute atomic E-state index is 13.3. The van der Waals surface area contributed by atoms with E-state index in [4.69, 9.17) is 4.74 Å². The van der Waals surface area contributed by atoms with Gasteiger partial charge < -0.3 is 25.2 Å². The summed E-state index contributed by atoms with van der Waals surface area (Å²) in [6.07, 6.45) is 1.47. The zero-order chi connectivity index (χ0) is 24.5. The standard InChI is InChI=1S/C27H30N2O6/c30-16-13-24(26(32)33)29(14-16)25(31)21-11-5-6-12-23(21)28-27(34)35-15-22-19-9-3-1-7-17(19)18-8-2-4-10-20(18)22/h1-4,7-10,16,21-24,30H,5-6,11-15H2,(H,28,34)(H,32,33)/t16?,21-,23+,24+/m1/s1. The Morgan fingerprint density at radius 1 is 0.971 bits per heavy atom. The zero-order valence-electron chi connectivity index (χ0n) is 19.4. The number of aliphatic carboxylic acids is 1. The van der Waals surface area contributed by atoms with Crippen LogP contribution in [-0.2, 0) is 14.3 Å². The summed E-state index contributed by atoms with van der Waals surface area (Å²) >= 11 is 0. The van der Waals surface area contributed by atoms with Gasteiger partial charge in [-0.2, -0.15) is 0 Å². The van der Waals surface area contributed by atoms with E-state index in [9.17, 15) is 24.6 Å². The van der Waals surface area contributed by atoms with Crippen molar-refractivity contribution in [3.05, 3.63) is 59.7 Å². The molecule has 0 spiro atoms. The summed E-state index contributed by atoms with van der Waals surface area (Å²) in [6, 6.07) is 14.8. The Morgan fingerprint density at radius 3 is 2.26 bits per heavy atom. The van der Waals surface area contributed by atoms with Gasteiger partial charge >= 0.3 is 12.1 Å². The lowest BCUT2D eigenvalue weighted by molar-refractivity contribution is -0.150. The molecular formula is C27H30N2O6. The Bertz CT molecular complexity index is 1090. The van der Waals surface area contributed by atoms with E-state index in [0.29, 0.717) is 12.8 Å². The minimum Gasteiger partial charge on any atom is -0.480 e. The van der Waals surface area contributed by atoms with Crippen LogP contribution in [-0.4, -0.2) is 64.4 Å². The van der Waals surface area contributed by atoms with Gasteiger partial charge in [0.2, 0.25) is 5.91 Å². The first-order valence-corrected chi connectivity index (χ1v) is 12.3. The SMILES string of the molecule is O=C(N[C@H]1CCCC[C@H]1C(=O)N1CC(O)C[C@H]1C(=O)O)OCC1c2ccccc2-c2ccccc21. The molecule has 0 aromatic heterocycles. The van der Waals surface area contributed by atoms with Gasteiger partial charge in [-0.1, -0.05) is 61.4 Å². The number of amides is 2. The number of aliphatic hydroxyl groups excluding tert-OH is 1. The van der Waals surface area contributed by atoms with Crippen molar-refractivity contribution in [2.24, 2.45) is 5.92 Å². The summed E-state index contributed by atoms with van der Waals surface area (Å²) < 4.78 is 5.66. The Morgan fingerprint density at radius 2 is 1.60 bits per heavy atom. The van der Waals surface area contributed by atoms with E-state index < -0.39 is 36.2 Å². The van der Waals surface area contributed by atoms with Crippen LogP contribution in [0.15, 0.2) is 48.5 Å². The lowest BCUT2D eigenvalue weighted by atomic mass is 9.83. The third-order valence-corrected chi connectivity index (χ3v) is 7.58. The first kappa shape index (κ1) is 23.4. The van der Waals surface area contributed by atoms with E-state index in [1.54, 1.807) is 0 Å². The van der Waals surface area contributed by atoms with E-state index in [2.05, 4.69) is 29.6 Å². The van der Waals surface area contributed by atoms with Gasteiger partial charge in [0.1, 0.15) is 12.6 Å². The van der Waals surface area contributed by atoms with E-state index in [1.165, 1.54) is 4.90 Å². The molecule has 2 aromatic carbocycles. The monoisotopic (exact) mass is 478 g/mol.